The Morgan fingerprint density at radius 2 is 1.72 bits per heavy atom. The Morgan fingerprint density at radius 3 is 2.34 bits per heavy atom. The van der Waals surface area contributed by atoms with Crippen LogP contribution in [0.3, 0.4) is 0 Å². The second-order valence-corrected chi connectivity index (χ2v) is 6.52. The van der Waals surface area contributed by atoms with E-state index in [1.54, 1.807) is 6.07 Å². The van der Waals surface area contributed by atoms with Crippen LogP contribution in [0.1, 0.15) is 28.4 Å². The van der Waals surface area contributed by atoms with Gasteiger partial charge in [-0.05, 0) is 35.7 Å². The van der Waals surface area contributed by atoms with Gasteiger partial charge in [-0.3, -0.25) is 9.59 Å². The summed E-state index contributed by atoms with van der Waals surface area (Å²) in [6.07, 6.45) is -3.61. The topological polar surface area (TPSA) is 58.6 Å². The van der Waals surface area contributed by atoms with Crippen molar-refractivity contribution >= 4 is 17.5 Å². The summed E-state index contributed by atoms with van der Waals surface area (Å²) in [5.74, 6) is -0.689. The third-order valence-corrected chi connectivity index (χ3v) is 4.14. The van der Waals surface area contributed by atoms with Gasteiger partial charge in [0.2, 0.25) is 5.91 Å². The fraction of sp³-hybridized carbons (Fsp3) is 0.333. The van der Waals surface area contributed by atoms with Gasteiger partial charge in [-0.1, -0.05) is 37.3 Å². The van der Waals surface area contributed by atoms with Gasteiger partial charge in [0.15, 0.2) is 0 Å². The number of halogens is 3. The number of anilines is 1. The predicted molar refractivity (Wildman–Crippen MR) is 104 cm³/mol. The third-order valence-electron chi connectivity index (χ3n) is 4.14. The van der Waals surface area contributed by atoms with Gasteiger partial charge in [0.1, 0.15) is 6.61 Å². The second-order valence-electron chi connectivity index (χ2n) is 6.52. The molecule has 2 aromatic carbocycles. The number of aryl methyl sites for hydroxylation is 1. The molecule has 2 aromatic rings. The normalized spacial score (nSPS) is 11.2. The largest absolute Gasteiger partial charge is 0.411 e. The SMILES string of the molecule is CCc1ccccc1NC(=O)CN(C)C(=O)c1ccc(COCC(F)(F)F)cc1. The molecule has 0 aliphatic carbocycles. The molecule has 29 heavy (non-hydrogen) atoms. The summed E-state index contributed by atoms with van der Waals surface area (Å²) in [6, 6.07) is 13.5. The van der Waals surface area contributed by atoms with Gasteiger partial charge >= 0.3 is 6.18 Å². The molecule has 0 saturated heterocycles. The number of rotatable bonds is 8. The molecule has 2 rings (SSSR count). The minimum absolute atomic E-state index is 0.132. The lowest BCUT2D eigenvalue weighted by Gasteiger charge is -2.18. The molecule has 0 aliphatic heterocycles. The molecule has 156 valence electrons. The molecule has 0 spiro atoms. The monoisotopic (exact) mass is 408 g/mol. The third kappa shape index (κ3) is 7.23. The molecule has 1 N–H and O–H groups in total. The number of carbonyl (C=O) groups is 2. The van der Waals surface area contributed by atoms with Gasteiger partial charge < -0.3 is 15.0 Å². The predicted octanol–water partition coefficient (Wildman–Crippen LogP) is 4.04. The van der Waals surface area contributed by atoms with Crippen molar-refractivity contribution in [1.29, 1.82) is 0 Å². The van der Waals surface area contributed by atoms with E-state index in [0.29, 0.717) is 16.8 Å². The van der Waals surface area contributed by atoms with Crippen LogP contribution in [0.2, 0.25) is 0 Å². The van der Waals surface area contributed by atoms with Crippen molar-refractivity contribution in [3.05, 3.63) is 65.2 Å². The summed E-state index contributed by atoms with van der Waals surface area (Å²) in [4.78, 5) is 26.0. The van der Waals surface area contributed by atoms with E-state index in [-0.39, 0.29) is 25.0 Å². The van der Waals surface area contributed by atoms with Crippen LogP contribution in [0.4, 0.5) is 18.9 Å². The number of para-hydroxylation sites is 1. The molecule has 0 atom stereocenters. The molecular weight excluding hydrogens is 385 g/mol. The fourth-order valence-corrected chi connectivity index (χ4v) is 2.68. The summed E-state index contributed by atoms with van der Waals surface area (Å²) in [5, 5.41) is 2.80. The first kappa shape index (κ1) is 22.4. The maximum atomic E-state index is 12.5. The molecule has 0 radical (unpaired) electrons. The Balaban J connectivity index is 1.89. The van der Waals surface area contributed by atoms with Gasteiger partial charge in [-0.15, -0.1) is 0 Å². The zero-order chi connectivity index (χ0) is 21.4. The van der Waals surface area contributed by atoms with Crippen molar-refractivity contribution in [1.82, 2.24) is 4.90 Å². The second kappa shape index (κ2) is 10.1. The van der Waals surface area contributed by atoms with Gasteiger partial charge in [0.05, 0.1) is 13.2 Å². The highest BCUT2D eigenvalue weighted by Crippen LogP contribution is 2.17. The van der Waals surface area contributed by atoms with E-state index >= 15 is 0 Å². The average Bonchev–Trinajstić information content (AvgIpc) is 2.67. The summed E-state index contributed by atoms with van der Waals surface area (Å²) >= 11 is 0. The van der Waals surface area contributed by atoms with Crippen molar-refractivity contribution in [2.75, 3.05) is 25.5 Å². The first-order valence-corrected chi connectivity index (χ1v) is 9.06. The summed E-state index contributed by atoms with van der Waals surface area (Å²) in [5.41, 5.74) is 2.55. The Bertz CT molecular complexity index is 836. The number of hydrogen-bond acceptors (Lipinski definition) is 3. The molecule has 8 heteroatoms. The van der Waals surface area contributed by atoms with E-state index in [1.807, 2.05) is 25.1 Å². The molecule has 2 amide bonds. The van der Waals surface area contributed by atoms with Crippen molar-refractivity contribution in [2.24, 2.45) is 0 Å². The van der Waals surface area contributed by atoms with Gasteiger partial charge in [-0.2, -0.15) is 13.2 Å². The summed E-state index contributed by atoms with van der Waals surface area (Å²) in [7, 11) is 1.51. The molecule has 0 aliphatic rings. The zero-order valence-corrected chi connectivity index (χ0v) is 16.3. The number of likely N-dealkylation sites (N-methyl/N-ethyl adjacent to an activating group) is 1. The minimum atomic E-state index is -4.38. The van der Waals surface area contributed by atoms with Crippen LogP contribution < -0.4 is 5.32 Å². The highest BCUT2D eigenvalue weighted by Gasteiger charge is 2.27. The number of hydrogen-bond donors (Lipinski definition) is 1. The van der Waals surface area contributed by atoms with E-state index in [1.165, 1.54) is 36.2 Å². The van der Waals surface area contributed by atoms with Crippen molar-refractivity contribution < 1.29 is 27.5 Å². The van der Waals surface area contributed by atoms with Crippen molar-refractivity contribution in [3.8, 4) is 0 Å². The maximum absolute atomic E-state index is 12.5. The van der Waals surface area contributed by atoms with Gasteiger partial charge in [0.25, 0.3) is 5.91 Å². The first-order chi connectivity index (χ1) is 13.7. The smallest absolute Gasteiger partial charge is 0.367 e. The Morgan fingerprint density at radius 1 is 1.07 bits per heavy atom. The van der Waals surface area contributed by atoms with E-state index in [4.69, 9.17) is 0 Å². The highest BCUT2D eigenvalue weighted by molar-refractivity contribution is 5.99. The Hall–Kier alpha value is -2.87. The number of benzene rings is 2. The van der Waals surface area contributed by atoms with Gasteiger partial charge in [-0.25, -0.2) is 0 Å². The fourth-order valence-electron chi connectivity index (χ4n) is 2.68. The highest BCUT2D eigenvalue weighted by atomic mass is 19.4. The molecule has 5 nitrogen and oxygen atoms in total. The molecular formula is C21H23F3N2O3. The lowest BCUT2D eigenvalue weighted by atomic mass is 10.1. The van der Waals surface area contributed by atoms with E-state index < -0.39 is 12.8 Å². The number of nitrogens with zero attached hydrogens (tertiary/aromatic N) is 1. The Kier molecular flexibility index (Phi) is 7.78. The number of amides is 2. The lowest BCUT2D eigenvalue weighted by Crippen LogP contribution is -2.35. The van der Waals surface area contributed by atoms with Crippen LogP contribution in [-0.4, -0.2) is 43.1 Å². The molecule has 0 fully saturated rings. The van der Waals surface area contributed by atoms with Gasteiger partial charge in [0, 0.05) is 18.3 Å². The standard InChI is InChI=1S/C21H23F3N2O3/c1-3-16-6-4-5-7-18(16)25-19(27)12-26(2)20(28)17-10-8-15(9-11-17)13-29-14-21(22,23)24/h4-11H,3,12-14H2,1-2H3,(H,25,27). The van der Waals surface area contributed by atoms with E-state index in [9.17, 15) is 22.8 Å². The molecule has 0 aromatic heterocycles. The molecule has 0 heterocycles. The summed E-state index contributed by atoms with van der Waals surface area (Å²) < 4.78 is 40.9. The van der Waals surface area contributed by atoms with Crippen LogP contribution >= 0.6 is 0 Å². The maximum Gasteiger partial charge on any atom is 0.411 e. The molecule has 0 bridgehead atoms. The quantitative estimate of drug-likeness (QED) is 0.717. The number of alkyl halides is 3. The number of nitrogens with one attached hydrogen (secondary N) is 1. The van der Waals surface area contributed by atoms with Crippen molar-refractivity contribution in [3.63, 3.8) is 0 Å². The Labute approximate surface area is 167 Å². The van der Waals surface area contributed by atoms with E-state index in [0.717, 1.165) is 12.0 Å². The van der Waals surface area contributed by atoms with Crippen LogP contribution in [0.15, 0.2) is 48.5 Å². The molecule has 0 saturated carbocycles. The average molecular weight is 408 g/mol. The first-order valence-electron chi connectivity index (χ1n) is 9.06. The number of ether oxygens (including phenoxy) is 1. The van der Waals surface area contributed by atoms with Crippen molar-refractivity contribution in [2.45, 2.75) is 26.1 Å². The summed E-state index contributed by atoms with van der Waals surface area (Å²) in [6.45, 7) is 0.321. The lowest BCUT2D eigenvalue weighted by molar-refractivity contribution is -0.176. The molecule has 0 unspecified atom stereocenters. The van der Waals surface area contributed by atoms with Crippen LogP contribution in [0.5, 0.6) is 0 Å². The number of carbonyl (C=O) groups excluding carboxylic acids is 2. The van der Waals surface area contributed by atoms with Crippen LogP contribution in [0, 0.1) is 0 Å². The zero-order valence-electron chi connectivity index (χ0n) is 16.3. The van der Waals surface area contributed by atoms with E-state index in [2.05, 4.69) is 10.1 Å². The van der Waals surface area contributed by atoms with Crippen LogP contribution in [-0.2, 0) is 22.6 Å². The minimum Gasteiger partial charge on any atom is -0.367 e. The van der Waals surface area contributed by atoms with Crippen LogP contribution in [0.25, 0.3) is 0 Å².